The van der Waals surface area contributed by atoms with Gasteiger partial charge in [-0.1, -0.05) is 27.2 Å². The minimum absolute atomic E-state index is 0.429. The number of hydrogen-bond acceptors (Lipinski definition) is 2. The average Bonchev–Trinajstić information content (AvgIpc) is 2.51. The molecule has 0 aromatic heterocycles. The zero-order valence-electron chi connectivity index (χ0n) is 11.0. The van der Waals surface area contributed by atoms with Gasteiger partial charge in [0.05, 0.1) is 0 Å². The SMILES string of the molecule is CCCC1(CN(C)CC(C)C)CCCN1. The molecule has 1 unspecified atom stereocenters. The lowest BCUT2D eigenvalue weighted by Gasteiger charge is -2.34. The Bertz CT molecular complexity index is 171. The molecule has 1 aliphatic heterocycles. The van der Waals surface area contributed by atoms with E-state index in [9.17, 15) is 0 Å². The molecule has 0 amide bonds. The molecule has 1 fully saturated rings. The second-order valence-electron chi connectivity index (χ2n) is 5.65. The zero-order chi connectivity index (χ0) is 11.3. The molecule has 0 aromatic carbocycles. The van der Waals surface area contributed by atoms with Gasteiger partial charge in [-0.2, -0.15) is 0 Å². The number of nitrogens with one attached hydrogen (secondary N) is 1. The van der Waals surface area contributed by atoms with Crippen LogP contribution in [-0.4, -0.2) is 37.1 Å². The van der Waals surface area contributed by atoms with E-state index in [1.807, 2.05) is 0 Å². The third-order valence-corrected chi connectivity index (χ3v) is 3.31. The van der Waals surface area contributed by atoms with Gasteiger partial charge in [-0.05, 0) is 38.8 Å². The van der Waals surface area contributed by atoms with Gasteiger partial charge in [-0.15, -0.1) is 0 Å². The van der Waals surface area contributed by atoms with Crippen molar-refractivity contribution < 1.29 is 0 Å². The van der Waals surface area contributed by atoms with E-state index in [4.69, 9.17) is 0 Å². The maximum atomic E-state index is 3.73. The van der Waals surface area contributed by atoms with E-state index in [0.29, 0.717) is 5.54 Å². The van der Waals surface area contributed by atoms with E-state index in [1.54, 1.807) is 0 Å². The molecule has 0 bridgehead atoms. The topological polar surface area (TPSA) is 15.3 Å². The molecular weight excluding hydrogens is 184 g/mol. The van der Waals surface area contributed by atoms with Crippen molar-refractivity contribution >= 4 is 0 Å². The van der Waals surface area contributed by atoms with Gasteiger partial charge >= 0.3 is 0 Å². The molecule has 1 aliphatic rings. The molecule has 0 radical (unpaired) electrons. The van der Waals surface area contributed by atoms with Crippen molar-refractivity contribution in [2.45, 2.75) is 52.0 Å². The van der Waals surface area contributed by atoms with Crippen LogP contribution in [-0.2, 0) is 0 Å². The molecule has 15 heavy (non-hydrogen) atoms. The van der Waals surface area contributed by atoms with Crippen LogP contribution < -0.4 is 5.32 Å². The van der Waals surface area contributed by atoms with Crippen molar-refractivity contribution in [1.82, 2.24) is 10.2 Å². The fourth-order valence-electron chi connectivity index (χ4n) is 2.98. The molecule has 2 nitrogen and oxygen atoms in total. The zero-order valence-corrected chi connectivity index (χ0v) is 11.0. The van der Waals surface area contributed by atoms with E-state index < -0.39 is 0 Å². The summed E-state index contributed by atoms with van der Waals surface area (Å²) >= 11 is 0. The second-order valence-corrected chi connectivity index (χ2v) is 5.65. The fraction of sp³-hybridized carbons (Fsp3) is 1.00. The van der Waals surface area contributed by atoms with Gasteiger partial charge in [0.25, 0.3) is 0 Å². The first-order chi connectivity index (χ1) is 7.08. The molecule has 0 aromatic rings. The maximum Gasteiger partial charge on any atom is 0.0309 e. The van der Waals surface area contributed by atoms with Crippen molar-refractivity contribution in [3.63, 3.8) is 0 Å². The maximum absolute atomic E-state index is 3.73. The molecule has 0 spiro atoms. The Balaban J connectivity index is 2.43. The number of rotatable bonds is 6. The minimum Gasteiger partial charge on any atom is -0.310 e. The van der Waals surface area contributed by atoms with Gasteiger partial charge in [0.15, 0.2) is 0 Å². The smallest absolute Gasteiger partial charge is 0.0309 e. The van der Waals surface area contributed by atoms with Gasteiger partial charge in [0.2, 0.25) is 0 Å². The Hall–Kier alpha value is -0.0800. The lowest BCUT2D eigenvalue weighted by molar-refractivity contribution is 0.198. The predicted octanol–water partition coefficient (Wildman–Crippen LogP) is 2.50. The van der Waals surface area contributed by atoms with Crippen molar-refractivity contribution in [1.29, 1.82) is 0 Å². The second kappa shape index (κ2) is 5.86. The van der Waals surface area contributed by atoms with Crippen LogP contribution in [0.4, 0.5) is 0 Å². The highest BCUT2D eigenvalue weighted by atomic mass is 15.2. The lowest BCUT2D eigenvalue weighted by atomic mass is 9.91. The van der Waals surface area contributed by atoms with Crippen LogP contribution >= 0.6 is 0 Å². The van der Waals surface area contributed by atoms with Crippen LogP contribution in [0, 0.1) is 5.92 Å². The van der Waals surface area contributed by atoms with Crippen molar-refractivity contribution in [2.24, 2.45) is 5.92 Å². The van der Waals surface area contributed by atoms with Crippen molar-refractivity contribution in [2.75, 3.05) is 26.7 Å². The van der Waals surface area contributed by atoms with Gasteiger partial charge in [0.1, 0.15) is 0 Å². The molecule has 2 heteroatoms. The van der Waals surface area contributed by atoms with Gasteiger partial charge in [-0.3, -0.25) is 0 Å². The lowest BCUT2D eigenvalue weighted by Crippen LogP contribution is -2.49. The van der Waals surface area contributed by atoms with Crippen LogP contribution in [0.15, 0.2) is 0 Å². The molecule has 1 heterocycles. The third-order valence-electron chi connectivity index (χ3n) is 3.31. The third kappa shape index (κ3) is 4.12. The quantitative estimate of drug-likeness (QED) is 0.728. The summed E-state index contributed by atoms with van der Waals surface area (Å²) in [4.78, 5) is 2.50. The van der Waals surface area contributed by atoms with E-state index in [1.165, 1.54) is 45.3 Å². The summed E-state index contributed by atoms with van der Waals surface area (Å²) in [5, 5.41) is 3.73. The molecule has 1 atom stereocenters. The first-order valence-corrected chi connectivity index (χ1v) is 6.51. The summed E-state index contributed by atoms with van der Waals surface area (Å²) in [7, 11) is 2.26. The Labute approximate surface area is 95.4 Å². The number of likely N-dealkylation sites (N-methyl/N-ethyl adjacent to an activating group) is 1. The molecule has 0 saturated carbocycles. The molecule has 90 valence electrons. The van der Waals surface area contributed by atoms with Crippen molar-refractivity contribution in [3.05, 3.63) is 0 Å². The van der Waals surface area contributed by atoms with Crippen molar-refractivity contribution in [3.8, 4) is 0 Å². The van der Waals surface area contributed by atoms with Crippen LogP contribution in [0.25, 0.3) is 0 Å². The van der Waals surface area contributed by atoms with Crippen LogP contribution in [0.3, 0.4) is 0 Å². The van der Waals surface area contributed by atoms with E-state index >= 15 is 0 Å². The van der Waals surface area contributed by atoms with Crippen LogP contribution in [0.2, 0.25) is 0 Å². The number of hydrogen-bond donors (Lipinski definition) is 1. The number of nitrogens with zero attached hydrogens (tertiary/aromatic N) is 1. The van der Waals surface area contributed by atoms with E-state index in [2.05, 4.69) is 38.0 Å². The predicted molar refractivity (Wildman–Crippen MR) is 67.2 cm³/mol. The fourth-order valence-corrected chi connectivity index (χ4v) is 2.98. The summed E-state index contributed by atoms with van der Waals surface area (Å²) in [5.41, 5.74) is 0.429. The highest BCUT2D eigenvalue weighted by molar-refractivity contribution is 4.94. The summed E-state index contributed by atoms with van der Waals surface area (Å²) in [5.74, 6) is 0.773. The Kier molecular flexibility index (Phi) is 5.07. The molecular formula is C13H28N2. The first kappa shape index (κ1) is 13.0. The molecule has 1 saturated heterocycles. The summed E-state index contributed by atoms with van der Waals surface area (Å²) < 4.78 is 0. The van der Waals surface area contributed by atoms with Crippen LogP contribution in [0.1, 0.15) is 46.5 Å². The van der Waals surface area contributed by atoms with Gasteiger partial charge in [-0.25, -0.2) is 0 Å². The van der Waals surface area contributed by atoms with Crippen LogP contribution in [0.5, 0.6) is 0 Å². The van der Waals surface area contributed by atoms with Gasteiger partial charge < -0.3 is 10.2 Å². The Morgan fingerprint density at radius 3 is 2.60 bits per heavy atom. The average molecular weight is 212 g/mol. The molecule has 1 N–H and O–H groups in total. The Morgan fingerprint density at radius 1 is 1.40 bits per heavy atom. The highest BCUT2D eigenvalue weighted by Gasteiger charge is 2.33. The molecule has 0 aliphatic carbocycles. The van der Waals surface area contributed by atoms with Gasteiger partial charge in [0, 0.05) is 18.6 Å². The first-order valence-electron chi connectivity index (χ1n) is 6.51. The monoisotopic (exact) mass is 212 g/mol. The van der Waals surface area contributed by atoms with E-state index in [0.717, 1.165) is 5.92 Å². The summed E-state index contributed by atoms with van der Waals surface area (Å²) in [6.45, 7) is 10.5. The standard InChI is InChI=1S/C13H28N2/c1-5-7-13(8-6-9-14-13)11-15(4)10-12(2)3/h12,14H,5-11H2,1-4H3. The highest BCUT2D eigenvalue weighted by Crippen LogP contribution is 2.25. The summed E-state index contributed by atoms with van der Waals surface area (Å²) in [6.07, 6.45) is 5.34. The normalized spacial score (nSPS) is 26.8. The Morgan fingerprint density at radius 2 is 2.13 bits per heavy atom. The largest absolute Gasteiger partial charge is 0.310 e. The molecule has 1 rings (SSSR count). The van der Waals surface area contributed by atoms with E-state index in [-0.39, 0.29) is 0 Å². The summed E-state index contributed by atoms with van der Waals surface area (Å²) in [6, 6.07) is 0. The minimum atomic E-state index is 0.429.